The summed E-state index contributed by atoms with van der Waals surface area (Å²) in [6.45, 7) is 7.86. The van der Waals surface area contributed by atoms with Crippen LogP contribution in [-0.2, 0) is 0 Å². The summed E-state index contributed by atoms with van der Waals surface area (Å²) in [5, 5.41) is 0. The molecule has 2 amide bonds. The molecule has 0 radical (unpaired) electrons. The Balaban J connectivity index is 1.58. The maximum absolute atomic E-state index is 12.7. The van der Waals surface area contributed by atoms with Crippen LogP contribution in [-0.4, -0.2) is 47.8 Å². The van der Waals surface area contributed by atoms with Gasteiger partial charge in [-0.2, -0.15) is 0 Å². The van der Waals surface area contributed by atoms with Gasteiger partial charge >= 0.3 is 0 Å². The smallest absolute Gasteiger partial charge is 0.253 e. The SMILES string of the molecule is CCC1CCN(C(=O)c2ccc(C(=O)N3CCC(CC)CC3)cc2)CC1. The highest BCUT2D eigenvalue weighted by Crippen LogP contribution is 2.23. The molecule has 3 rings (SSSR count). The van der Waals surface area contributed by atoms with Gasteiger partial charge in [-0.05, 0) is 61.8 Å². The lowest BCUT2D eigenvalue weighted by atomic mass is 9.93. The number of amides is 2. The lowest BCUT2D eigenvalue weighted by Crippen LogP contribution is -2.39. The lowest BCUT2D eigenvalue weighted by Gasteiger charge is -2.32. The van der Waals surface area contributed by atoms with Crippen LogP contribution in [0.15, 0.2) is 24.3 Å². The number of rotatable bonds is 4. The van der Waals surface area contributed by atoms with Gasteiger partial charge in [-0.3, -0.25) is 9.59 Å². The lowest BCUT2D eigenvalue weighted by molar-refractivity contribution is 0.0677. The number of hydrogen-bond donors (Lipinski definition) is 0. The highest BCUT2D eigenvalue weighted by molar-refractivity contribution is 5.97. The average Bonchev–Trinajstić information content (AvgIpc) is 2.73. The standard InChI is InChI=1S/C22H32N2O2/c1-3-17-9-13-23(14-10-17)21(25)19-5-7-20(8-6-19)22(26)24-15-11-18(4-2)12-16-24/h5-8,17-18H,3-4,9-16H2,1-2H3. The molecule has 1 aromatic rings. The number of carbonyl (C=O) groups is 2. The Morgan fingerprint density at radius 2 is 1.04 bits per heavy atom. The number of nitrogens with zero attached hydrogens (tertiary/aromatic N) is 2. The van der Waals surface area contributed by atoms with Gasteiger partial charge in [-0.25, -0.2) is 0 Å². The van der Waals surface area contributed by atoms with E-state index in [0.29, 0.717) is 11.1 Å². The topological polar surface area (TPSA) is 40.6 Å². The summed E-state index contributed by atoms with van der Waals surface area (Å²) in [5.74, 6) is 1.72. The minimum absolute atomic E-state index is 0.0994. The van der Waals surface area contributed by atoms with Crippen LogP contribution in [0.2, 0.25) is 0 Å². The van der Waals surface area contributed by atoms with Crippen LogP contribution in [0.3, 0.4) is 0 Å². The van der Waals surface area contributed by atoms with E-state index in [1.807, 2.05) is 34.1 Å². The molecule has 2 aliphatic rings. The molecule has 0 bridgehead atoms. The molecule has 4 nitrogen and oxygen atoms in total. The molecule has 0 N–H and O–H groups in total. The molecule has 2 saturated heterocycles. The van der Waals surface area contributed by atoms with Gasteiger partial charge in [0.05, 0.1) is 0 Å². The minimum Gasteiger partial charge on any atom is -0.339 e. The quantitative estimate of drug-likeness (QED) is 0.811. The van der Waals surface area contributed by atoms with Crippen molar-refractivity contribution < 1.29 is 9.59 Å². The van der Waals surface area contributed by atoms with Crippen molar-refractivity contribution >= 4 is 11.8 Å². The molecule has 0 unspecified atom stereocenters. The average molecular weight is 357 g/mol. The molecule has 26 heavy (non-hydrogen) atoms. The Kier molecular flexibility index (Phi) is 6.33. The fourth-order valence-electron chi connectivity index (χ4n) is 4.21. The normalized spacial score (nSPS) is 19.6. The van der Waals surface area contributed by atoms with Crippen molar-refractivity contribution in [2.75, 3.05) is 26.2 Å². The number of benzene rings is 1. The zero-order chi connectivity index (χ0) is 18.5. The second-order valence-electron chi connectivity index (χ2n) is 7.86. The number of hydrogen-bond acceptors (Lipinski definition) is 2. The van der Waals surface area contributed by atoms with Gasteiger partial charge in [0, 0.05) is 37.3 Å². The van der Waals surface area contributed by atoms with Crippen LogP contribution >= 0.6 is 0 Å². The predicted octanol–water partition coefficient (Wildman–Crippen LogP) is 4.21. The number of carbonyl (C=O) groups excluding carboxylic acids is 2. The van der Waals surface area contributed by atoms with Crippen molar-refractivity contribution in [2.45, 2.75) is 52.4 Å². The van der Waals surface area contributed by atoms with E-state index in [4.69, 9.17) is 0 Å². The van der Waals surface area contributed by atoms with Crippen LogP contribution in [0.4, 0.5) is 0 Å². The van der Waals surface area contributed by atoms with Crippen LogP contribution in [0, 0.1) is 11.8 Å². The molecular formula is C22H32N2O2. The highest BCUT2D eigenvalue weighted by atomic mass is 16.2. The second-order valence-corrected chi connectivity index (χ2v) is 7.86. The highest BCUT2D eigenvalue weighted by Gasteiger charge is 2.24. The van der Waals surface area contributed by atoms with Crippen LogP contribution < -0.4 is 0 Å². The van der Waals surface area contributed by atoms with E-state index in [9.17, 15) is 9.59 Å². The van der Waals surface area contributed by atoms with Crippen molar-refractivity contribution in [1.82, 2.24) is 9.80 Å². The first-order chi connectivity index (χ1) is 12.6. The first kappa shape index (κ1) is 18.9. The van der Waals surface area contributed by atoms with Gasteiger partial charge in [0.2, 0.25) is 0 Å². The van der Waals surface area contributed by atoms with Crippen molar-refractivity contribution in [3.63, 3.8) is 0 Å². The maximum atomic E-state index is 12.7. The molecule has 0 atom stereocenters. The minimum atomic E-state index is 0.0994. The summed E-state index contributed by atoms with van der Waals surface area (Å²) in [7, 11) is 0. The maximum Gasteiger partial charge on any atom is 0.253 e. The Morgan fingerprint density at radius 3 is 1.31 bits per heavy atom. The van der Waals surface area contributed by atoms with Crippen molar-refractivity contribution in [2.24, 2.45) is 11.8 Å². The Bertz CT molecular complexity index is 555. The predicted molar refractivity (Wildman–Crippen MR) is 104 cm³/mol. The van der Waals surface area contributed by atoms with Crippen LogP contribution in [0.5, 0.6) is 0 Å². The molecule has 4 heteroatoms. The fourth-order valence-corrected chi connectivity index (χ4v) is 4.21. The zero-order valence-corrected chi connectivity index (χ0v) is 16.2. The summed E-state index contributed by atoms with van der Waals surface area (Å²) in [6.07, 6.45) is 6.82. The third-order valence-electron chi connectivity index (χ3n) is 6.34. The summed E-state index contributed by atoms with van der Waals surface area (Å²) in [4.78, 5) is 29.3. The van der Waals surface area contributed by atoms with E-state index in [0.717, 1.165) is 63.7 Å². The molecule has 0 spiro atoms. The monoisotopic (exact) mass is 356 g/mol. The van der Waals surface area contributed by atoms with Gasteiger partial charge in [-0.1, -0.05) is 26.7 Å². The Morgan fingerprint density at radius 1 is 0.731 bits per heavy atom. The van der Waals surface area contributed by atoms with E-state index >= 15 is 0 Å². The number of piperidine rings is 2. The molecule has 1 aromatic carbocycles. The summed E-state index contributed by atoms with van der Waals surface area (Å²) >= 11 is 0. The third kappa shape index (κ3) is 4.28. The molecule has 142 valence electrons. The van der Waals surface area contributed by atoms with Gasteiger partial charge in [0.15, 0.2) is 0 Å². The molecule has 0 aromatic heterocycles. The van der Waals surface area contributed by atoms with E-state index in [1.165, 1.54) is 12.8 Å². The van der Waals surface area contributed by atoms with E-state index in [1.54, 1.807) is 0 Å². The van der Waals surface area contributed by atoms with Gasteiger partial charge in [-0.15, -0.1) is 0 Å². The van der Waals surface area contributed by atoms with Gasteiger partial charge in [0.1, 0.15) is 0 Å². The molecule has 2 heterocycles. The molecule has 0 aliphatic carbocycles. The van der Waals surface area contributed by atoms with E-state index < -0.39 is 0 Å². The van der Waals surface area contributed by atoms with Crippen molar-refractivity contribution in [3.05, 3.63) is 35.4 Å². The molecule has 0 saturated carbocycles. The first-order valence-electron chi connectivity index (χ1n) is 10.3. The first-order valence-corrected chi connectivity index (χ1v) is 10.3. The number of likely N-dealkylation sites (tertiary alicyclic amines) is 2. The summed E-state index contributed by atoms with van der Waals surface area (Å²) < 4.78 is 0. The third-order valence-corrected chi connectivity index (χ3v) is 6.34. The zero-order valence-electron chi connectivity index (χ0n) is 16.2. The molecule has 2 aliphatic heterocycles. The van der Waals surface area contributed by atoms with Crippen LogP contribution in [0.25, 0.3) is 0 Å². The van der Waals surface area contributed by atoms with E-state index in [2.05, 4.69) is 13.8 Å². The molecular weight excluding hydrogens is 324 g/mol. The fraction of sp³-hybridized carbons (Fsp3) is 0.636. The van der Waals surface area contributed by atoms with E-state index in [-0.39, 0.29) is 11.8 Å². The Labute approximate surface area is 157 Å². The van der Waals surface area contributed by atoms with Gasteiger partial charge < -0.3 is 9.80 Å². The Hall–Kier alpha value is -1.84. The summed E-state index contributed by atoms with van der Waals surface area (Å²) in [6, 6.07) is 7.28. The second kappa shape index (κ2) is 8.70. The van der Waals surface area contributed by atoms with Crippen LogP contribution in [0.1, 0.15) is 73.1 Å². The van der Waals surface area contributed by atoms with Crippen molar-refractivity contribution in [1.29, 1.82) is 0 Å². The largest absolute Gasteiger partial charge is 0.339 e. The summed E-state index contributed by atoms with van der Waals surface area (Å²) in [5.41, 5.74) is 1.39. The van der Waals surface area contributed by atoms with Gasteiger partial charge in [0.25, 0.3) is 11.8 Å². The molecule has 2 fully saturated rings. The van der Waals surface area contributed by atoms with Crippen molar-refractivity contribution in [3.8, 4) is 0 Å².